The molecule has 0 saturated heterocycles. The molecule has 0 unspecified atom stereocenters. The van der Waals surface area contributed by atoms with E-state index in [0.717, 1.165) is 0 Å². The molecule has 3 rings (SSSR count). The minimum Gasteiger partial charge on any atom is -1.00 e. The Morgan fingerprint density at radius 3 is 0.759 bits per heavy atom. The number of aromatic carboxylic acids is 3. The number of hydrogen-bond donors (Lipinski definition) is 3. The molecule has 0 saturated carbocycles. The molecule has 3 aromatic carbocycles. The number of carboxylic acid groups (broad SMARTS) is 3. The van der Waals surface area contributed by atoms with E-state index in [-0.39, 0.29) is 100 Å². The van der Waals surface area contributed by atoms with Crippen molar-refractivity contribution in [3.05, 3.63) is 108 Å². The predicted molar refractivity (Wildman–Crippen MR) is 116 cm³/mol. The molecule has 0 aliphatic carbocycles. The van der Waals surface area contributed by atoms with Crippen LogP contribution in [0.15, 0.2) is 91.0 Å². The van der Waals surface area contributed by atoms with Crippen molar-refractivity contribution < 1.29 is 35.4 Å². The molecule has 0 aromatic heterocycles. The van der Waals surface area contributed by atoms with Crippen LogP contribution in [0.1, 0.15) is 36.8 Å². The quantitative estimate of drug-likeness (QED) is 0.397. The molecule has 0 amide bonds. The van der Waals surface area contributed by atoms with Crippen molar-refractivity contribution in [1.29, 1.82) is 0 Å². The van der Waals surface area contributed by atoms with Gasteiger partial charge in [-0.25, -0.2) is 14.4 Å². The van der Waals surface area contributed by atoms with Crippen LogP contribution in [0.25, 0.3) is 0 Å². The molecule has 3 N–H and O–H groups in total. The van der Waals surface area contributed by atoms with Crippen LogP contribution in [0.2, 0.25) is 0 Å². The number of rotatable bonds is 3. The summed E-state index contributed by atoms with van der Waals surface area (Å²) in [6.07, 6.45) is 0. The minimum absolute atomic E-state index is 0. The number of carboxylic acids is 3. The minimum atomic E-state index is -0.879. The first-order chi connectivity index (χ1) is 12.9. The second kappa shape index (κ2) is 17.9. The van der Waals surface area contributed by atoms with Gasteiger partial charge in [0.15, 0.2) is 0 Å². The number of benzene rings is 3. The Morgan fingerprint density at radius 1 is 0.483 bits per heavy atom. The van der Waals surface area contributed by atoms with E-state index >= 15 is 0 Å². The van der Waals surface area contributed by atoms with Crippen molar-refractivity contribution in [2.24, 2.45) is 0 Å². The van der Waals surface area contributed by atoms with E-state index in [1.54, 1.807) is 91.0 Å². The smallest absolute Gasteiger partial charge is 1.00 e. The maximum Gasteiger partial charge on any atom is 2.00 e. The SMILES string of the molecule is O=C(O)c1ccccc1.O=C(O)c1ccccc1.O=C(O)c1ccccc1.[Ba+2].[H-].[H-].[H-].[H-].[Sr+2]. The number of hydrogen-bond acceptors (Lipinski definition) is 3. The van der Waals surface area contributed by atoms with E-state index in [0.29, 0.717) is 16.7 Å². The molecule has 0 aliphatic heterocycles. The van der Waals surface area contributed by atoms with E-state index in [1.165, 1.54) is 0 Å². The molecule has 146 valence electrons. The Hall–Kier alpha value is -0.878. The summed E-state index contributed by atoms with van der Waals surface area (Å²) < 4.78 is 0. The third-order valence-corrected chi connectivity index (χ3v) is 3.06. The Morgan fingerprint density at radius 2 is 0.655 bits per heavy atom. The maximum absolute atomic E-state index is 10.2. The van der Waals surface area contributed by atoms with Crippen molar-refractivity contribution in [3.63, 3.8) is 0 Å². The van der Waals surface area contributed by atoms with Gasteiger partial charge in [-0.05, 0) is 36.4 Å². The normalized spacial score (nSPS) is 8.28. The molecule has 8 heteroatoms. The zero-order valence-electron chi connectivity index (χ0n) is 19.6. The Balaban J connectivity index is -0.0000000759. The second-order valence-corrected chi connectivity index (χ2v) is 5.01. The molecule has 0 atom stereocenters. The molecule has 3 aromatic rings. The topological polar surface area (TPSA) is 112 Å². The molecule has 0 bridgehead atoms. The van der Waals surface area contributed by atoms with Gasteiger partial charge in [-0.3, -0.25) is 0 Å². The standard InChI is InChI=1S/3C7H6O2.Ba.Sr.4H/c3*8-7(9)6-4-2-1-3-5-6;;;;;;/h3*1-5H,(H,8,9);;;;;;/q;;;2*+2;4*-1. The summed E-state index contributed by atoms with van der Waals surface area (Å²) in [5, 5.41) is 25.2. The van der Waals surface area contributed by atoms with Gasteiger partial charge in [-0.1, -0.05) is 54.6 Å². The predicted octanol–water partition coefficient (Wildman–Crippen LogP) is 3.84. The molecular weight excluding hydrogens is 573 g/mol. The van der Waals surface area contributed by atoms with Crippen LogP contribution in [0.4, 0.5) is 0 Å². The Labute approximate surface area is 251 Å². The fourth-order valence-electron chi connectivity index (χ4n) is 1.74. The maximum atomic E-state index is 10.2. The van der Waals surface area contributed by atoms with E-state index in [1.807, 2.05) is 0 Å². The average molecular weight is 595 g/mol. The summed E-state index contributed by atoms with van der Waals surface area (Å²) in [4.78, 5) is 30.6. The van der Waals surface area contributed by atoms with E-state index < -0.39 is 17.9 Å². The molecule has 0 fully saturated rings. The molecule has 29 heavy (non-hydrogen) atoms. The third kappa shape index (κ3) is 13.9. The summed E-state index contributed by atoms with van der Waals surface area (Å²) >= 11 is 0. The van der Waals surface area contributed by atoms with Crippen LogP contribution in [-0.4, -0.2) is 128 Å². The first-order valence-corrected chi connectivity index (χ1v) is 7.77. The van der Waals surface area contributed by atoms with Crippen molar-refractivity contribution in [1.82, 2.24) is 0 Å². The molecular formula is C21H22BaO6Sr. The van der Waals surface area contributed by atoms with Crippen LogP contribution in [0.3, 0.4) is 0 Å². The Kier molecular flexibility index (Phi) is 18.8. The van der Waals surface area contributed by atoms with Crippen molar-refractivity contribution in [3.8, 4) is 0 Å². The zero-order chi connectivity index (χ0) is 20.1. The van der Waals surface area contributed by atoms with Crippen molar-refractivity contribution >= 4 is 112 Å². The summed E-state index contributed by atoms with van der Waals surface area (Å²) in [5.74, 6) is -2.64. The van der Waals surface area contributed by atoms with Crippen molar-refractivity contribution in [2.45, 2.75) is 0 Å². The van der Waals surface area contributed by atoms with Gasteiger partial charge in [0.25, 0.3) is 0 Å². The van der Waals surface area contributed by atoms with Crippen LogP contribution in [0.5, 0.6) is 0 Å². The fraction of sp³-hybridized carbons (Fsp3) is 0. The summed E-state index contributed by atoms with van der Waals surface area (Å²) in [6, 6.07) is 24.9. The molecule has 0 spiro atoms. The van der Waals surface area contributed by atoms with E-state index in [9.17, 15) is 14.4 Å². The second-order valence-electron chi connectivity index (χ2n) is 5.01. The van der Waals surface area contributed by atoms with Gasteiger partial charge in [0, 0.05) is 0 Å². The van der Waals surface area contributed by atoms with Gasteiger partial charge in [0.1, 0.15) is 0 Å². The van der Waals surface area contributed by atoms with Gasteiger partial charge in [-0.15, -0.1) is 0 Å². The first-order valence-electron chi connectivity index (χ1n) is 7.77. The molecule has 0 aliphatic rings. The molecule has 0 radical (unpaired) electrons. The van der Waals surface area contributed by atoms with Gasteiger partial charge in [-0.2, -0.15) is 0 Å². The van der Waals surface area contributed by atoms with Gasteiger partial charge >= 0.3 is 112 Å². The van der Waals surface area contributed by atoms with Crippen LogP contribution < -0.4 is 0 Å². The number of carbonyl (C=O) groups is 3. The zero-order valence-corrected chi connectivity index (χ0v) is 23.6. The molecule has 0 heterocycles. The van der Waals surface area contributed by atoms with Gasteiger partial charge in [0.2, 0.25) is 0 Å². The van der Waals surface area contributed by atoms with Crippen LogP contribution in [-0.2, 0) is 0 Å². The van der Waals surface area contributed by atoms with Crippen LogP contribution in [0, 0.1) is 0 Å². The summed E-state index contributed by atoms with van der Waals surface area (Å²) in [6.45, 7) is 0. The van der Waals surface area contributed by atoms with Crippen LogP contribution >= 0.6 is 0 Å². The summed E-state index contributed by atoms with van der Waals surface area (Å²) in [7, 11) is 0. The summed E-state index contributed by atoms with van der Waals surface area (Å²) in [5.41, 5.74) is 0.993. The van der Waals surface area contributed by atoms with E-state index in [4.69, 9.17) is 15.3 Å². The van der Waals surface area contributed by atoms with E-state index in [2.05, 4.69) is 0 Å². The monoisotopic (exact) mass is 596 g/mol. The van der Waals surface area contributed by atoms with Gasteiger partial charge < -0.3 is 21.0 Å². The Bertz CT molecular complexity index is 758. The third-order valence-electron chi connectivity index (χ3n) is 3.06. The van der Waals surface area contributed by atoms with Crippen molar-refractivity contribution in [2.75, 3.05) is 0 Å². The fourth-order valence-corrected chi connectivity index (χ4v) is 1.74. The largest absolute Gasteiger partial charge is 2.00 e. The average Bonchev–Trinajstić information content (AvgIpc) is 2.71. The van der Waals surface area contributed by atoms with Gasteiger partial charge in [0.05, 0.1) is 16.7 Å². The molecule has 6 nitrogen and oxygen atoms in total. The first kappa shape index (κ1) is 30.3.